The third-order valence-electron chi connectivity index (χ3n) is 4.30. The molecular formula is C16H24N2O4. The Hall–Kier alpha value is -1.95. The molecule has 0 saturated heterocycles. The van der Waals surface area contributed by atoms with Gasteiger partial charge in [0.1, 0.15) is 0 Å². The van der Waals surface area contributed by atoms with Gasteiger partial charge in [-0.15, -0.1) is 0 Å². The van der Waals surface area contributed by atoms with Crippen LogP contribution in [0.3, 0.4) is 0 Å². The van der Waals surface area contributed by atoms with Crippen LogP contribution in [0.1, 0.15) is 49.0 Å². The number of benzene rings is 1. The summed E-state index contributed by atoms with van der Waals surface area (Å²) in [7, 11) is 0. The van der Waals surface area contributed by atoms with Crippen molar-refractivity contribution in [2.45, 2.75) is 40.0 Å². The molecule has 0 radical (unpaired) electrons. The molecular weight excluding hydrogens is 284 g/mol. The molecule has 0 aromatic heterocycles. The van der Waals surface area contributed by atoms with E-state index in [1.165, 1.54) is 12.1 Å². The van der Waals surface area contributed by atoms with Crippen LogP contribution in [-0.4, -0.2) is 29.1 Å². The molecule has 6 heteroatoms. The lowest BCUT2D eigenvalue weighted by Crippen LogP contribution is -2.37. The van der Waals surface area contributed by atoms with Gasteiger partial charge in [0.2, 0.25) is 0 Å². The second kappa shape index (κ2) is 7.89. The van der Waals surface area contributed by atoms with Gasteiger partial charge in [0, 0.05) is 30.8 Å². The number of aliphatic hydroxyl groups excluding tert-OH is 1. The molecule has 0 aliphatic carbocycles. The monoisotopic (exact) mass is 308 g/mol. The number of nitro groups is 1. The molecule has 0 unspecified atom stereocenters. The molecule has 0 bridgehead atoms. The fourth-order valence-corrected chi connectivity index (χ4v) is 2.55. The third kappa shape index (κ3) is 4.53. The van der Waals surface area contributed by atoms with E-state index < -0.39 is 4.92 Å². The maximum atomic E-state index is 12.3. The number of hydrogen-bond donors (Lipinski definition) is 2. The smallest absolute Gasteiger partial charge is 0.270 e. The Morgan fingerprint density at radius 1 is 1.32 bits per heavy atom. The van der Waals surface area contributed by atoms with Crippen molar-refractivity contribution in [1.29, 1.82) is 0 Å². The number of aryl methyl sites for hydroxylation is 1. The van der Waals surface area contributed by atoms with Crippen LogP contribution in [0, 0.1) is 22.5 Å². The second-order valence-corrected chi connectivity index (χ2v) is 5.68. The molecule has 1 amide bonds. The summed E-state index contributed by atoms with van der Waals surface area (Å²) < 4.78 is 0. The Morgan fingerprint density at radius 2 is 1.95 bits per heavy atom. The lowest BCUT2D eigenvalue weighted by atomic mass is 9.79. The van der Waals surface area contributed by atoms with E-state index in [1.807, 2.05) is 13.8 Å². The normalized spacial score (nSPS) is 11.3. The molecule has 0 saturated carbocycles. The summed E-state index contributed by atoms with van der Waals surface area (Å²) in [5, 5.41) is 22.9. The largest absolute Gasteiger partial charge is 0.396 e. The van der Waals surface area contributed by atoms with Gasteiger partial charge in [-0.25, -0.2) is 0 Å². The quantitative estimate of drug-likeness (QED) is 0.570. The van der Waals surface area contributed by atoms with Crippen LogP contribution < -0.4 is 5.32 Å². The predicted octanol–water partition coefficient (Wildman–Crippen LogP) is 2.82. The van der Waals surface area contributed by atoms with E-state index in [1.54, 1.807) is 13.0 Å². The number of nitro benzene ring substituents is 1. The van der Waals surface area contributed by atoms with Crippen molar-refractivity contribution in [1.82, 2.24) is 5.32 Å². The number of aliphatic hydroxyl groups is 1. The van der Waals surface area contributed by atoms with Crippen LogP contribution in [0.4, 0.5) is 5.69 Å². The summed E-state index contributed by atoms with van der Waals surface area (Å²) in [6.45, 7) is 6.30. The van der Waals surface area contributed by atoms with E-state index in [-0.39, 0.29) is 29.2 Å². The fourth-order valence-electron chi connectivity index (χ4n) is 2.55. The van der Waals surface area contributed by atoms with Crippen LogP contribution in [-0.2, 0) is 0 Å². The van der Waals surface area contributed by atoms with Crippen molar-refractivity contribution < 1.29 is 14.8 Å². The molecule has 0 fully saturated rings. The van der Waals surface area contributed by atoms with Gasteiger partial charge in [0.25, 0.3) is 11.6 Å². The van der Waals surface area contributed by atoms with Crippen molar-refractivity contribution in [3.8, 4) is 0 Å². The van der Waals surface area contributed by atoms with Crippen LogP contribution in [0.2, 0.25) is 0 Å². The molecule has 0 heterocycles. The average Bonchev–Trinajstić information content (AvgIpc) is 2.50. The summed E-state index contributed by atoms with van der Waals surface area (Å²) in [4.78, 5) is 22.6. The number of carbonyl (C=O) groups is 1. The van der Waals surface area contributed by atoms with Gasteiger partial charge in [-0.3, -0.25) is 14.9 Å². The van der Waals surface area contributed by atoms with Crippen LogP contribution in [0.5, 0.6) is 0 Å². The highest BCUT2D eigenvalue weighted by Crippen LogP contribution is 2.29. The topological polar surface area (TPSA) is 92.5 Å². The first-order chi connectivity index (χ1) is 10.4. The molecule has 1 aromatic rings. The SMILES string of the molecule is CCC(CC)(CCO)CNC(=O)c1cc(C)cc([N+](=O)[O-])c1. The van der Waals surface area contributed by atoms with Gasteiger partial charge >= 0.3 is 0 Å². The lowest BCUT2D eigenvalue weighted by molar-refractivity contribution is -0.384. The third-order valence-corrected chi connectivity index (χ3v) is 4.30. The van der Waals surface area contributed by atoms with E-state index in [4.69, 9.17) is 0 Å². The Morgan fingerprint density at radius 3 is 2.45 bits per heavy atom. The van der Waals surface area contributed by atoms with Crippen LogP contribution in [0.15, 0.2) is 18.2 Å². The first kappa shape index (κ1) is 18.1. The Balaban J connectivity index is 2.87. The van der Waals surface area contributed by atoms with E-state index in [0.29, 0.717) is 18.5 Å². The number of carbonyl (C=O) groups excluding carboxylic acids is 1. The minimum absolute atomic E-state index is 0.0769. The molecule has 0 atom stereocenters. The van der Waals surface area contributed by atoms with Crippen molar-refractivity contribution in [2.24, 2.45) is 5.41 Å². The van der Waals surface area contributed by atoms with E-state index in [0.717, 1.165) is 12.8 Å². The van der Waals surface area contributed by atoms with Crippen molar-refractivity contribution in [3.05, 3.63) is 39.4 Å². The zero-order chi connectivity index (χ0) is 16.8. The van der Waals surface area contributed by atoms with Gasteiger partial charge in [-0.2, -0.15) is 0 Å². The lowest BCUT2D eigenvalue weighted by Gasteiger charge is -2.31. The molecule has 0 aliphatic heterocycles. The Kier molecular flexibility index (Phi) is 6.49. The summed E-state index contributed by atoms with van der Waals surface area (Å²) in [6.07, 6.45) is 2.31. The highest BCUT2D eigenvalue weighted by atomic mass is 16.6. The molecule has 2 N–H and O–H groups in total. The standard InChI is InChI=1S/C16H24N2O4/c1-4-16(5-2,6-7-19)11-17-15(20)13-8-12(3)9-14(10-13)18(21)22/h8-10,19H,4-7,11H2,1-3H3,(H,17,20). The van der Waals surface area contributed by atoms with Crippen molar-refractivity contribution in [3.63, 3.8) is 0 Å². The number of rotatable bonds is 8. The minimum Gasteiger partial charge on any atom is -0.396 e. The molecule has 0 aliphatic rings. The maximum Gasteiger partial charge on any atom is 0.270 e. The van der Waals surface area contributed by atoms with Gasteiger partial charge < -0.3 is 10.4 Å². The van der Waals surface area contributed by atoms with E-state index in [2.05, 4.69) is 5.32 Å². The number of hydrogen-bond acceptors (Lipinski definition) is 4. The molecule has 1 rings (SSSR count). The Labute approximate surface area is 130 Å². The fraction of sp³-hybridized carbons (Fsp3) is 0.562. The first-order valence-electron chi connectivity index (χ1n) is 7.52. The summed E-state index contributed by atoms with van der Waals surface area (Å²) in [5.74, 6) is -0.323. The van der Waals surface area contributed by atoms with Crippen molar-refractivity contribution >= 4 is 11.6 Å². The number of non-ortho nitro benzene ring substituents is 1. The van der Waals surface area contributed by atoms with E-state index >= 15 is 0 Å². The highest BCUT2D eigenvalue weighted by Gasteiger charge is 2.26. The molecule has 1 aromatic carbocycles. The number of nitrogens with zero attached hydrogens (tertiary/aromatic N) is 1. The van der Waals surface area contributed by atoms with Gasteiger partial charge in [0.15, 0.2) is 0 Å². The maximum absolute atomic E-state index is 12.3. The minimum atomic E-state index is -0.502. The molecule has 6 nitrogen and oxygen atoms in total. The van der Waals surface area contributed by atoms with Crippen molar-refractivity contribution in [2.75, 3.05) is 13.2 Å². The summed E-state index contributed by atoms with van der Waals surface area (Å²) >= 11 is 0. The zero-order valence-corrected chi connectivity index (χ0v) is 13.4. The zero-order valence-electron chi connectivity index (χ0n) is 13.4. The molecule has 0 spiro atoms. The second-order valence-electron chi connectivity index (χ2n) is 5.68. The average molecular weight is 308 g/mol. The van der Waals surface area contributed by atoms with Crippen LogP contribution in [0.25, 0.3) is 0 Å². The van der Waals surface area contributed by atoms with Gasteiger partial charge in [-0.05, 0) is 43.2 Å². The Bertz CT molecular complexity index is 539. The van der Waals surface area contributed by atoms with Gasteiger partial charge in [-0.1, -0.05) is 13.8 Å². The molecule has 122 valence electrons. The van der Waals surface area contributed by atoms with Crippen LogP contribution >= 0.6 is 0 Å². The highest BCUT2D eigenvalue weighted by molar-refractivity contribution is 5.95. The molecule has 22 heavy (non-hydrogen) atoms. The predicted molar refractivity (Wildman–Crippen MR) is 84.9 cm³/mol. The summed E-state index contributed by atoms with van der Waals surface area (Å²) in [6, 6.07) is 4.35. The van der Waals surface area contributed by atoms with Gasteiger partial charge in [0.05, 0.1) is 4.92 Å². The van der Waals surface area contributed by atoms with E-state index in [9.17, 15) is 20.0 Å². The number of amides is 1. The first-order valence-corrected chi connectivity index (χ1v) is 7.52. The summed E-state index contributed by atoms with van der Waals surface area (Å²) in [5.41, 5.74) is 0.738. The number of nitrogens with one attached hydrogen (secondary N) is 1.